The molecule has 0 aliphatic carbocycles. The highest BCUT2D eigenvalue weighted by molar-refractivity contribution is 6.92. The predicted molar refractivity (Wildman–Crippen MR) is 29.9 cm³/mol. The van der Waals surface area contributed by atoms with Crippen molar-refractivity contribution < 1.29 is 4.79 Å². The fourth-order valence-electron chi connectivity index (χ4n) is 0. The minimum atomic E-state index is -0.833. The van der Waals surface area contributed by atoms with Gasteiger partial charge in [0.05, 0.1) is 0 Å². The Morgan fingerprint density at radius 1 is 1.33 bits per heavy atom. The van der Waals surface area contributed by atoms with Crippen LogP contribution in [0.25, 0.3) is 0 Å². The molecular formula is CH10N3OP. The van der Waals surface area contributed by atoms with Crippen molar-refractivity contribution in [2.45, 2.75) is 0 Å². The van der Waals surface area contributed by atoms with Gasteiger partial charge in [-0.25, -0.2) is 4.79 Å². The van der Waals surface area contributed by atoms with E-state index in [1.807, 2.05) is 0 Å². The van der Waals surface area contributed by atoms with Gasteiger partial charge in [-0.3, -0.25) is 0 Å². The SMILES string of the molecule is N.NC(N)=O.P. The van der Waals surface area contributed by atoms with E-state index in [0.29, 0.717) is 0 Å². The average molecular weight is 111 g/mol. The summed E-state index contributed by atoms with van der Waals surface area (Å²) >= 11 is 0. The maximum atomic E-state index is 9.00. The largest absolute Gasteiger partial charge is 0.352 e. The first-order valence-corrected chi connectivity index (χ1v) is 0.781. The van der Waals surface area contributed by atoms with Gasteiger partial charge in [0.1, 0.15) is 0 Å². The van der Waals surface area contributed by atoms with Crippen molar-refractivity contribution in [3.63, 3.8) is 0 Å². The second kappa shape index (κ2) is 8.82. The molecule has 2 amide bonds. The number of carbonyl (C=O) groups is 1. The molecule has 0 heterocycles. The molecule has 0 radical (unpaired) electrons. The van der Waals surface area contributed by atoms with Crippen molar-refractivity contribution in [1.29, 1.82) is 0 Å². The molecule has 0 saturated heterocycles. The zero-order chi connectivity index (χ0) is 3.58. The van der Waals surface area contributed by atoms with Crippen molar-refractivity contribution in [2.24, 2.45) is 11.5 Å². The second-order valence-corrected chi connectivity index (χ2v) is 0.402. The fourth-order valence-corrected chi connectivity index (χ4v) is 0. The fraction of sp³-hybridized carbons (Fsp3) is 0. The third-order valence-electron chi connectivity index (χ3n) is 0. The Kier molecular flexibility index (Phi) is 25.5. The van der Waals surface area contributed by atoms with E-state index in [1.54, 1.807) is 0 Å². The molecule has 0 aromatic rings. The number of carbonyl (C=O) groups excluding carboxylic acids is 1. The maximum Gasteiger partial charge on any atom is 0.309 e. The van der Waals surface area contributed by atoms with Crippen LogP contribution in [0.2, 0.25) is 0 Å². The van der Waals surface area contributed by atoms with E-state index in [-0.39, 0.29) is 16.0 Å². The molecule has 0 saturated carbocycles. The van der Waals surface area contributed by atoms with Crippen LogP contribution in [-0.4, -0.2) is 6.03 Å². The van der Waals surface area contributed by atoms with Gasteiger partial charge in [-0.05, 0) is 0 Å². The normalized spacial score (nSPS) is 4.00. The first-order chi connectivity index (χ1) is 1.73. The minimum Gasteiger partial charge on any atom is -0.352 e. The van der Waals surface area contributed by atoms with Gasteiger partial charge in [-0.2, -0.15) is 9.90 Å². The topological polar surface area (TPSA) is 104 Å². The van der Waals surface area contributed by atoms with Crippen LogP contribution in [0, 0.1) is 0 Å². The number of rotatable bonds is 0. The average Bonchev–Trinajstić information content (AvgIpc) is 0.811. The molecule has 4 nitrogen and oxygen atoms in total. The molecule has 1 atom stereocenters. The first kappa shape index (κ1) is 17.4. The molecule has 0 aliphatic rings. The molecule has 5 heteroatoms. The standard InChI is InChI=1S/CH4N2O.H3N.H3P/c2-1(3)4;;/h(H4,2,3,4);2*1H3. The van der Waals surface area contributed by atoms with Gasteiger partial charge in [0, 0.05) is 0 Å². The summed E-state index contributed by atoms with van der Waals surface area (Å²) in [6.45, 7) is 0. The van der Waals surface area contributed by atoms with E-state index in [2.05, 4.69) is 11.5 Å². The van der Waals surface area contributed by atoms with Gasteiger partial charge >= 0.3 is 6.03 Å². The lowest BCUT2D eigenvalue weighted by atomic mass is 11.2. The third-order valence-corrected chi connectivity index (χ3v) is 0. The number of primary amides is 2. The van der Waals surface area contributed by atoms with Crippen LogP contribution in [0.1, 0.15) is 0 Å². The van der Waals surface area contributed by atoms with Gasteiger partial charge in [-0.15, -0.1) is 0 Å². The van der Waals surface area contributed by atoms with Crippen molar-refractivity contribution in [2.75, 3.05) is 0 Å². The van der Waals surface area contributed by atoms with Crippen LogP contribution in [0.15, 0.2) is 0 Å². The minimum absolute atomic E-state index is 0. The molecule has 0 fully saturated rings. The van der Waals surface area contributed by atoms with Crippen LogP contribution in [0.5, 0.6) is 0 Å². The van der Waals surface area contributed by atoms with Crippen LogP contribution in [-0.2, 0) is 0 Å². The van der Waals surface area contributed by atoms with Crippen molar-refractivity contribution in [3.05, 3.63) is 0 Å². The van der Waals surface area contributed by atoms with E-state index in [9.17, 15) is 0 Å². The molecule has 0 aromatic heterocycles. The lowest BCUT2D eigenvalue weighted by molar-refractivity contribution is 0.256. The summed E-state index contributed by atoms with van der Waals surface area (Å²) < 4.78 is 0. The van der Waals surface area contributed by atoms with Crippen molar-refractivity contribution >= 4 is 15.9 Å². The number of urea groups is 1. The van der Waals surface area contributed by atoms with Crippen molar-refractivity contribution in [1.82, 2.24) is 6.15 Å². The van der Waals surface area contributed by atoms with Gasteiger partial charge < -0.3 is 17.6 Å². The molecule has 0 bridgehead atoms. The molecule has 0 rings (SSSR count). The lowest BCUT2D eigenvalue weighted by Gasteiger charge is -1.62. The van der Waals surface area contributed by atoms with Crippen LogP contribution in [0.3, 0.4) is 0 Å². The van der Waals surface area contributed by atoms with Gasteiger partial charge in [0.15, 0.2) is 0 Å². The van der Waals surface area contributed by atoms with Crippen LogP contribution >= 0.6 is 9.90 Å². The lowest BCUT2D eigenvalue weighted by Crippen LogP contribution is -2.18. The summed E-state index contributed by atoms with van der Waals surface area (Å²) in [6.07, 6.45) is 0. The number of nitrogens with two attached hydrogens (primary N) is 2. The number of hydrogen-bond donors (Lipinski definition) is 3. The smallest absolute Gasteiger partial charge is 0.309 e. The van der Waals surface area contributed by atoms with Gasteiger partial charge in [-0.1, -0.05) is 0 Å². The predicted octanol–water partition coefficient (Wildman–Crippen LogP) is -0.756. The number of amides is 2. The Morgan fingerprint density at radius 3 is 1.33 bits per heavy atom. The van der Waals surface area contributed by atoms with E-state index in [4.69, 9.17) is 4.79 Å². The molecule has 40 valence electrons. The summed E-state index contributed by atoms with van der Waals surface area (Å²) in [5, 5.41) is 0. The first-order valence-electron chi connectivity index (χ1n) is 0.781. The molecule has 0 spiro atoms. The van der Waals surface area contributed by atoms with Crippen LogP contribution in [0.4, 0.5) is 4.79 Å². The van der Waals surface area contributed by atoms with Crippen LogP contribution < -0.4 is 17.6 Å². The summed E-state index contributed by atoms with van der Waals surface area (Å²) in [6, 6.07) is -0.833. The third kappa shape index (κ3) is 224. The van der Waals surface area contributed by atoms with E-state index >= 15 is 0 Å². The highest BCUT2D eigenvalue weighted by atomic mass is 31.0. The Labute approximate surface area is 39.5 Å². The molecule has 6 heavy (non-hydrogen) atoms. The Bertz CT molecular complexity index is 33.8. The van der Waals surface area contributed by atoms with Crippen molar-refractivity contribution in [3.8, 4) is 0 Å². The van der Waals surface area contributed by atoms with Gasteiger partial charge in [0.25, 0.3) is 0 Å². The molecule has 0 aliphatic heterocycles. The monoisotopic (exact) mass is 111 g/mol. The summed E-state index contributed by atoms with van der Waals surface area (Å²) in [5.74, 6) is 0. The second-order valence-electron chi connectivity index (χ2n) is 0.402. The summed E-state index contributed by atoms with van der Waals surface area (Å²) in [5.41, 5.74) is 8.50. The Balaban J connectivity index is -0.0000000450. The molecule has 1 unspecified atom stereocenters. The highest BCUT2D eigenvalue weighted by Crippen LogP contribution is 1.25. The Hall–Kier alpha value is -0.340. The van der Waals surface area contributed by atoms with E-state index < -0.39 is 6.03 Å². The zero-order valence-corrected chi connectivity index (χ0v) is 4.89. The molecular weight excluding hydrogens is 101 g/mol. The molecule has 7 N–H and O–H groups in total. The Morgan fingerprint density at radius 2 is 1.33 bits per heavy atom. The number of hydrogen-bond acceptors (Lipinski definition) is 2. The van der Waals surface area contributed by atoms with Gasteiger partial charge in [0.2, 0.25) is 0 Å². The highest BCUT2D eigenvalue weighted by Gasteiger charge is 1.60. The van der Waals surface area contributed by atoms with E-state index in [0.717, 1.165) is 0 Å². The zero-order valence-electron chi connectivity index (χ0n) is 3.48. The molecule has 0 aromatic carbocycles. The maximum absolute atomic E-state index is 9.00. The quantitative estimate of drug-likeness (QED) is 0.357. The summed E-state index contributed by atoms with van der Waals surface area (Å²) in [4.78, 5) is 9.00. The van der Waals surface area contributed by atoms with E-state index in [1.165, 1.54) is 0 Å². The summed E-state index contributed by atoms with van der Waals surface area (Å²) in [7, 11) is 0.